The summed E-state index contributed by atoms with van der Waals surface area (Å²) >= 11 is 0. The van der Waals surface area contributed by atoms with Crippen LogP contribution in [0.3, 0.4) is 0 Å². The molecule has 0 fully saturated rings. The summed E-state index contributed by atoms with van der Waals surface area (Å²) in [6, 6.07) is 11.2. The summed E-state index contributed by atoms with van der Waals surface area (Å²) in [5.74, 6) is -0.305. The molecular formula is C16H10N2O2. The van der Waals surface area contributed by atoms with Crippen molar-refractivity contribution in [3.63, 3.8) is 0 Å². The van der Waals surface area contributed by atoms with Gasteiger partial charge in [-0.25, -0.2) is 14.5 Å². The monoisotopic (exact) mass is 262 g/mol. The molecule has 2 rings (SSSR count). The first-order valence-electron chi connectivity index (χ1n) is 5.82. The average molecular weight is 262 g/mol. The molecule has 0 N–H and O–H groups in total. The van der Waals surface area contributed by atoms with E-state index in [-0.39, 0.29) is 5.75 Å². The second kappa shape index (κ2) is 5.69. The van der Waals surface area contributed by atoms with Gasteiger partial charge in [0.25, 0.3) is 0 Å². The van der Waals surface area contributed by atoms with Crippen LogP contribution in [0.4, 0.5) is 11.4 Å². The Morgan fingerprint density at radius 1 is 1.05 bits per heavy atom. The Bertz CT molecular complexity index is 735. The summed E-state index contributed by atoms with van der Waals surface area (Å²) in [6.45, 7) is 15.8. The van der Waals surface area contributed by atoms with Crippen molar-refractivity contribution >= 4 is 17.3 Å². The lowest BCUT2D eigenvalue weighted by atomic mass is 10.2. The van der Waals surface area contributed by atoms with Gasteiger partial charge in [-0.05, 0) is 19.1 Å². The number of carbonyl (C=O) groups excluding carboxylic acids is 1. The third-order valence-corrected chi connectivity index (χ3v) is 2.67. The van der Waals surface area contributed by atoms with Gasteiger partial charge in [-0.2, -0.15) is 0 Å². The smallest absolute Gasteiger partial charge is 0.342 e. The van der Waals surface area contributed by atoms with Gasteiger partial charge in [0.05, 0.1) is 18.7 Å². The molecule has 0 spiro atoms. The van der Waals surface area contributed by atoms with Gasteiger partial charge < -0.3 is 4.74 Å². The van der Waals surface area contributed by atoms with Crippen molar-refractivity contribution in [2.45, 2.75) is 6.92 Å². The molecule has 0 unspecified atom stereocenters. The lowest BCUT2D eigenvalue weighted by Gasteiger charge is -2.07. The Kier molecular flexibility index (Phi) is 3.79. The molecular weight excluding hydrogens is 252 g/mol. The molecule has 4 nitrogen and oxygen atoms in total. The number of nitrogens with zero attached hydrogens (tertiary/aromatic N) is 2. The van der Waals surface area contributed by atoms with Gasteiger partial charge in [-0.3, -0.25) is 0 Å². The number of carbonyl (C=O) groups is 1. The fourth-order valence-corrected chi connectivity index (χ4v) is 1.63. The van der Waals surface area contributed by atoms with E-state index in [9.17, 15) is 4.79 Å². The molecule has 0 radical (unpaired) electrons. The number of benzene rings is 2. The van der Waals surface area contributed by atoms with E-state index in [1.165, 1.54) is 12.1 Å². The molecule has 0 atom stereocenters. The van der Waals surface area contributed by atoms with Crippen LogP contribution in [0, 0.1) is 20.1 Å². The van der Waals surface area contributed by atoms with Crippen molar-refractivity contribution in [2.75, 3.05) is 0 Å². The largest absolute Gasteiger partial charge is 0.435 e. The maximum atomic E-state index is 12.0. The van der Waals surface area contributed by atoms with Crippen LogP contribution >= 0.6 is 0 Å². The van der Waals surface area contributed by atoms with Crippen molar-refractivity contribution in [1.82, 2.24) is 0 Å². The molecule has 0 aliphatic heterocycles. The van der Waals surface area contributed by atoms with Crippen LogP contribution in [0.1, 0.15) is 15.9 Å². The second-order valence-corrected chi connectivity index (χ2v) is 4.13. The van der Waals surface area contributed by atoms with Crippen molar-refractivity contribution < 1.29 is 9.53 Å². The highest BCUT2D eigenvalue weighted by molar-refractivity contribution is 5.92. The molecule has 2 aromatic carbocycles. The highest BCUT2D eigenvalue weighted by atomic mass is 16.5. The summed E-state index contributed by atoms with van der Waals surface area (Å²) in [5, 5.41) is 0. The van der Waals surface area contributed by atoms with E-state index in [4.69, 9.17) is 17.9 Å². The van der Waals surface area contributed by atoms with Gasteiger partial charge >= 0.3 is 5.97 Å². The molecule has 2 aromatic rings. The molecule has 0 saturated carbocycles. The SMILES string of the molecule is [C-]#[N+]c1ccc(C(=O)Oc2ccc(C)cc2[N+]#[C-])cc1. The molecule has 0 aliphatic carbocycles. The van der Waals surface area contributed by atoms with Crippen molar-refractivity contribution in [2.24, 2.45) is 0 Å². The zero-order chi connectivity index (χ0) is 14.5. The molecule has 0 heterocycles. The van der Waals surface area contributed by atoms with Crippen LogP contribution in [-0.4, -0.2) is 5.97 Å². The Morgan fingerprint density at radius 2 is 1.75 bits per heavy atom. The molecule has 0 aliphatic rings. The molecule has 0 bridgehead atoms. The molecule has 0 saturated heterocycles. The molecule has 20 heavy (non-hydrogen) atoms. The number of rotatable bonds is 2. The van der Waals surface area contributed by atoms with Crippen LogP contribution < -0.4 is 4.74 Å². The topological polar surface area (TPSA) is 35.0 Å². The van der Waals surface area contributed by atoms with E-state index in [0.29, 0.717) is 16.9 Å². The van der Waals surface area contributed by atoms with E-state index in [2.05, 4.69) is 9.69 Å². The predicted molar refractivity (Wildman–Crippen MR) is 75.1 cm³/mol. The third-order valence-electron chi connectivity index (χ3n) is 2.67. The first kappa shape index (κ1) is 13.3. The zero-order valence-electron chi connectivity index (χ0n) is 10.8. The van der Waals surface area contributed by atoms with Gasteiger partial charge in [-0.15, -0.1) is 0 Å². The fourth-order valence-electron chi connectivity index (χ4n) is 1.63. The van der Waals surface area contributed by atoms with Crippen molar-refractivity contribution in [3.8, 4) is 5.75 Å². The van der Waals surface area contributed by atoms with Gasteiger partial charge in [0.15, 0.2) is 5.69 Å². The Balaban J connectivity index is 2.24. The van der Waals surface area contributed by atoms with Gasteiger partial charge in [0, 0.05) is 0 Å². The number of hydrogen-bond donors (Lipinski definition) is 0. The van der Waals surface area contributed by atoms with E-state index in [1.807, 2.05) is 6.92 Å². The lowest BCUT2D eigenvalue weighted by molar-refractivity contribution is 0.0736. The molecule has 4 heteroatoms. The molecule has 96 valence electrons. The quantitative estimate of drug-likeness (QED) is 0.459. The number of esters is 1. The Hall–Kier alpha value is -3.11. The minimum atomic E-state index is -0.546. The number of hydrogen-bond acceptors (Lipinski definition) is 2. The first-order chi connectivity index (χ1) is 9.63. The van der Waals surface area contributed by atoms with Crippen LogP contribution in [0.15, 0.2) is 42.5 Å². The summed E-state index contributed by atoms with van der Waals surface area (Å²) in [6.07, 6.45) is 0. The lowest BCUT2D eigenvalue weighted by Crippen LogP contribution is -2.08. The highest BCUT2D eigenvalue weighted by Crippen LogP contribution is 2.29. The summed E-state index contributed by atoms with van der Waals surface area (Å²) in [4.78, 5) is 18.6. The first-order valence-corrected chi connectivity index (χ1v) is 5.82. The molecule has 0 aromatic heterocycles. The van der Waals surface area contributed by atoms with Gasteiger partial charge in [0.1, 0.15) is 5.75 Å². The maximum absolute atomic E-state index is 12.0. The van der Waals surface area contributed by atoms with Crippen LogP contribution in [0.25, 0.3) is 9.69 Å². The van der Waals surface area contributed by atoms with E-state index < -0.39 is 5.97 Å². The third kappa shape index (κ3) is 2.82. The minimum absolute atomic E-state index is 0.241. The maximum Gasteiger partial charge on any atom is 0.342 e. The number of ether oxygens (including phenoxy) is 1. The van der Waals surface area contributed by atoms with Crippen LogP contribution in [-0.2, 0) is 0 Å². The highest BCUT2D eigenvalue weighted by Gasteiger charge is 2.11. The fraction of sp³-hybridized carbons (Fsp3) is 0.0625. The van der Waals surface area contributed by atoms with Gasteiger partial charge in [0.2, 0.25) is 5.69 Å². The van der Waals surface area contributed by atoms with E-state index in [0.717, 1.165) is 5.56 Å². The summed E-state index contributed by atoms with van der Waals surface area (Å²) < 4.78 is 5.22. The van der Waals surface area contributed by atoms with Crippen LogP contribution in [0.5, 0.6) is 5.75 Å². The molecule has 0 amide bonds. The standard InChI is InChI=1S/C16H10N2O2/c1-11-4-9-15(14(10-11)18-3)20-16(19)12-5-7-13(17-2)8-6-12/h4-10H,1H3. The zero-order valence-corrected chi connectivity index (χ0v) is 10.8. The van der Waals surface area contributed by atoms with Gasteiger partial charge in [-0.1, -0.05) is 35.9 Å². The predicted octanol–water partition coefficient (Wildman–Crippen LogP) is 4.32. The van der Waals surface area contributed by atoms with Crippen molar-refractivity contribution in [1.29, 1.82) is 0 Å². The van der Waals surface area contributed by atoms with E-state index in [1.54, 1.807) is 30.3 Å². The Morgan fingerprint density at radius 3 is 2.35 bits per heavy atom. The minimum Gasteiger partial charge on any atom is -0.435 e. The summed E-state index contributed by atoms with van der Waals surface area (Å²) in [7, 11) is 0. The average Bonchev–Trinajstić information content (AvgIpc) is 2.49. The normalized spacial score (nSPS) is 9.35. The van der Waals surface area contributed by atoms with Crippen LogP contribution in [0.2, 0.25) is 0 Å². The second-order valence-electron chi connectivity index (χ2n) is 4.13. The van der Waals surface area contributed by atoms with Crippen molar-refractivity contribution in [3.05, 3.63) is 76.4 Å². The number of aryl methyl sites for hydroxylation is 1. The summed E-state index contributed by atoms with van der Waals surface area (Å²) in [5.41, 5.74) is 2.03. The van der Waals surface area contributed by atoms with E-state index >= 15 is 0 Å². The Labute approximate surface area is 116 Å².